The van der Waals surface area contributed by atoms with Gasteiger partial charge < -0.3 is 14.4 Å². The van der Waals surface area contributed by atoms with Gasteiger partial charge in [0.15, 0.2) is 0 Å². The van der Waals surface area contributed by atoms with Crippen molar-refractivity contribution >= 4 is 23.1 Å². The molecule has 0 spiro atoms. The van der Waals surface area contributed by atoms with Crippen LogP contribution >= 0.6 is 0 Å². The van der Waals surface area contributed by atoms with Crippen LogP contribution in [0.4, 0.5) is 17.2 Å². The van der Waals surface area contributed by atoms with Crippen LogP contribution in [0.1, 0.15) is 84.5 Å². The van der Waals surface area contributed by atoms with Crippen LogP contribution in [-0.2, 0) is 36.6 Å². The minimum atomic E-state index is -2.23. The fourth-order valence-corrected chi connectivity index (χ4v) is 5.82. The standard InChI is InChI=1S/C37H39N3O2.Pt/c1-22-15-27(19-28(16-22)42-33-20-29(23(2)17-24(33)3)35-39-25(4)21-41-35)40-32-13-12-26(36(5,6)7)18-31(32)37(8,9)30-11-10-14-38-34(30)40;/h10-18,25H,21H2,1-9H3;/q-2;+2/t25-;/m1./s1/i4D3;. The number of fused-ring (bicyclic) bond motifs is 2. The summed E-state index contributed by atoms with van der Waals surface area (Å²) in [5, 5.41) is 0. The van der Waals surface area contributed by atoms with Crippen molar-refractivity contribution in [1.29, 1.82) is 0 Å². The van der Waals surface area contributed by atoms with Crippen molar-refractivity contribution < 1.29 is 34.7 Å². The Labute approximate surface area is 274 Å². The van der Waals surface area contributed by atoms with Crippen LogP contribution in [-0.4, -0.2) is 23.5 Å². The second-order valence-corrected chi connectivity index (χ2v) is 12.9. The molecule has 2 aliphatic rings. The van der Waals surface area contributed by atoms with Crippen molar-refractivity contribution in [2.75, 3.05) is 11.5 Å². The van der Waals surface area contributed by atoms with E-state index in [1.165, 1.54) is 11.1 Å². The summed E-state index contributed by atoms with van der Waals surface area (Å²) in [6.45, 7) is 14.9. The Kier molecular flexibility index (Phi) is 7.10. The molecule has 4 aromatic rings. The molecule has 0 saturated carbocycles. The summed E-state index contributed by atoms with van der Waals surface area (Å²) in [4.78, 5) is 11.4. The van der Waals surface area contributed by atoms with Gasteiger partial charge in [0.25, 0.3) is 0 Å². The summed E-state index contributed by atoms with van der Waals surface area (Å²) in [5.41, 5.74) is 8.63. The summed E-state index contributed by atoms with van der Waals surface area (Å²) < 4.78 is 35.4. The predicted octanol–water partition coefficient (Wildman–Crippen LogP) is 8.97. The smallest absolute Gasteiger partial charge is 0.518 e. The first kappa shape index (κ1) is 27.1. The van der Waals surface area contributed by atoms with E-state index in [-0.39, 0.29) is 44.4 Å². The van der Waals surface area contributed by atoms with Gasteiger partial charge in [0, 0.05) is 38.5 Å². The molecular formula is C37H39N3O2Pt. The van der Waals surface area contributed by atoms with Gasteiger partial charge in [-0.15, -0.1) is 29.8 Å². The maximum atomic E-state index is 7.73. The summed E-state index contributed by atoms with van der Waals surface area (Å²) in [7, 11) is 0. The number of ether oxygens (including phenoxy) is 2. The molecule has 0 fully saturated rings. The molecule has 3 heterocycles. The second-order valence-electron chi connectivity index (χ2n) is 12.9. The third-order valence-corrected chi connectivity index (χ3v) is 8.16. The van der Waals surface area contributed by atoms with Gasteiger partial charge in [0.1, 0.15) is 11.7 Å². The molecule has 0 amide bonds. The Hall–Kier alpha value is -3.43. The van der Waals surface area contributed by atoms with Gasteiger partial charge in [-0.2, -0.15) is 5.56 Å². The van der Waals surface area contributed by atoms with E-state index < -0.39 is 12.9 Å². The van der Waals surface area contributed by atoms with Crippen LogP contribution in [0.15, 0.2) is 59.7 Å². The van der Waals surface area contributed by atoms with Crippen molar-refractivity contribution in [3.05, 3.63) is 106 Å². The molecule has 0 unspecified atom stereocenters. The van der Waals surface area contributed by atoms with Gasteiger partial charge in [0.05, 0.1) is 12.6 Å². The van der Waals surface area contributed by atoms with Gasteiger partial charge in [-0.1, -0.05) is 96.5 Å². The minimum Gasteiger partial charge on any atom is -0.518 e. The quantitative estimate of drug-likeness (QED) is 0.195. The van der Waals surface area contributed by atoms with E-state index in [1.807, 2.05) is 45.2 Å². The zero-order valence-electron chi connectivity index (χ0n) is 29.0. The first-order chi connectivity index (χ1) is 21.0. The topological polar surface area (TPSA) is 47.0 Å². The van der Waals surface area contributed by atoms with Crippen molar-refractivity contribution in [3.63, 3.8) is 0 Å². The monoisotopic (exact) mass is 755 g/mol. The summed E-state index contributed by atoms with van der Waals surface area (Å²) in [6, 6.07) is 22.9. The van der Waals surface area contributed by atoms with Crippen LogP contribution in [0.25, 0.3) is 0 Å². The summed E-state index contributed by atoms with van der Waals surface area (Å²) in [6.07, 6.45) is 1.83. The molecule has 2 aliphatic heterocycles. The number of benzene rings is 3. The van der Waals surface area contributed by atoms with Crippen molar-refractivity contribution in [2.24, 2.45) is 4.99 Å². The number of hydrogen-bond donors (Lipinski definition) is 0. The van der Waals surface area contributed by atoms with E-state index in [0.717, 1.165) is 39.4 Å². The number of pyridine rings is 1. The molecule has 0 saturated heterocycles. The molecular weight excluding hydrogens is 714 g/mol. The van der Waals surface area contributed by atoms with E-state index in [9.17, 15) is 0 Å². The van der Waals surface area contributed by atoms with E-state index in [0.29, 0.717) is 17.1 Å². The molecule has 0 N–H and O–H groups in total. The largest absolute Gasteiger partial charge is 2.00 e. The van der Waals surface area contributed by atoms with Crippen LogP contribution in [0.5, 0.6) is 11.5 Å². The van der Waals surface area contributed by atoms with E-state index in [4.69, 9.17) is 18.6 Å². The van der Waals surface area contributed by atoms with Crippen LogP contribution in [0.2, 0.25) is 0 Å². The molecule has 0 radical (unpaired) electrons. The number of aryl methyl sites for hydroxylation is 3. The van der Waals surface area contributed by atoms with Crippen molar-refractivity contribution in [1.82, 2.24) is 4.98 Å². The van der Waals surface area contributed by atoms with Gasteiger partial charge >= 0.3 is 21.1 Å². The molecule has 0 aliphatic carbocycles. The predicted molar refractivity (Wildman–Crippen MR) is 170 cm³/mol. The SMILES string of the molecule is [2H]C([2H])([2H])[C@@H]1COC(c2[c-]c(Oc3[c-]c(N4c5ccc(C(C)(C)C)cc5C(C)(C)c5cccnc54)cc(C)c3)c(C)cc2C)=N1.[Pt+2]. The average molecular weight is 756 g/mol. The molecule has 43 heavy (non-hydrogen) atoms. The first-order valence-corrected chi connectivity index (χ1v) is 14.4. The van der Waals surface area contributed by atoms with E-state index >= 15 is 0 Å². The van der Waals surface area contributed by atoms with Gasteiger partial charge in [-0.3, -0.25) is 4.99 Å². The third kappa shape index (κ3) is 5.65. The Balaban J connectivity index is 0.00000417. The number of rotatable bonds is 4. The molecule has 1 atom stereocenters. The first-order valence-electron chi connectivity index (χ1n) is 15.9. The second kappa shape index (κ2) is 11.2. The van der Waals surface area contributed by atoms with Gasteiger partial charge in [-0.25, -0.2) is 4.98 Å². The normalized spacial score (nSPS) is 18.2. The summed E-state index contributed by atoms with van der Waals surface area (Å²) in [5.74, 6) is 2.17. The number of aliphatic imine (C=N–C) groups is 1. The van der Waals surface area contributed by atoms with Gasteiger partial charge in [0.2, 0.25) is 0 Å². The maximum absolute atomic E-state index is 7.73. The number of aromatic nitrogens is 1. The minimum absolute atomic E-state index is 0. The Morgan fingerprint density at radius 3 is 2.53 bits per heavy atom. The van der Waals surface area contributed by atoms with E-state index in [1.54, 1.807) is 0 Å². The maximum Gasteiger partial charge on any atom is 2.00 e. The zero-order chi connectivity index (χ0) is 32.5. The molecule has 0 bridgehead atoms. The number of hydrogen-bond acceptors (Lipinski definition) is 5. The van der Waals surface area contributed by atoms with E-state index in [2.05, 4.69) is 87.0 Å². The van der Waals surface area contributed by atoms with Crippen LogP contribution < -0.4 is 9.64 Å². The van der Waals surface area contributed by atoms with Crippen LogP contribution in [0.3, 0.4) is 0 Å². The molecule has 3 aromatic carbocycles. The fourth-order valence-electron chi connectivity index (χ4n) is 5.82. The third-order valence-electron chi connectivity index (χ3n) is 8.16. The zero-order valence-corrected chi connectivity index (χ0v) is 28.2. The number of anilines is 3. The molecule has 5 nitrogen and oxygen atoms in total. The van der Waals surface area contributed by atoms with Crippen molar-refractivity contribution in [2.45, 2.75) is 79.1 Å². The van der Waals surface area contributed by atoms with Gasteiger partial charge in [-0.05, 0) is 35.5 Å². The summed E-state index contributed by atoms with van der Waals surface area (Å²) >= 11 is 0. The Morgan fingerprint density at radius 1 is 1.02 bits per heavy atom. The fraction of sp³-hybridized carbons (Fsp3) is 0.351. The Morgan fingerprint density at radius 2 is 1.81 bits per heavy atom. The Bertz CT molecular complexity index is 1840. The molecule has 1 aromatic heterocycles. The average Bonchev–Trinajstić information content (AvgIpc) is 3.45. The molecule has 6 heteroatoms. The molecule has 224 valence electrons. The van der Waals surface area contributed by atoms with Crippen LogP contribution in [0, 0.1) is 32.9 Å². The molecule has 6 rings (SSSR count). The van der Waals surface area contributed by atoms with Crippen molar-refractivity contribution in [3.8, 4) is 11.5 Å². The number of nitrogens with zero attached hydrogens (tertiary/aromatic N) is 3.